The smallest absolute Gasteiger partial charge is 0.254 e. The lowest BCUT2D eigenvalue weighted by atomic mass is 10.1. The monoisotopic (exact) mass is 371 g/mol. The SMILES string of the molecule is Cn1nc(CN(Cc2ccco2)C(=O)c2ccc(F)c(F)c2)c2c1CCC2. The first-order valence-corrected chi connectivity index (χ1v) is 8.83. The number of nitrogens with zero attached hydrogens (tertiary/aromatic N) is 3. The van der Waals surface area contributed by atoms with Crippen molar-refractivity contribution in [3.05, 3.63) is 76.5 Å². The fourth-order valence-electron chi connectivity index (χ4n) is 3.61. The minimum absolute atomic E-state index is 0.0908. The standard InChI is InChI=1S/C20H19F2N3O2/c1-24-19-6-2-5-15(19)18(23-24)12-25(11-14-4-3-9-27-14)20(26)13-7-8-16(21)17(22)10-13/h3-4,7-10H,2,5-6,11-12H2,1H3. The summed E-state index contributed by atoms with van der Waals surface area (Å²) in [4.78, 5) is 14.6. The molecule has 0 atom stereocenters. The zero-order valence-corrected chi connectivity index (χ0v) is 14.9. The number of rotatable bonds is 5. The van der Waals surface area contributed by atoms with Crippen LogP contribution in [-0.4, -0.2) is 20.6 Å². The van der Waals surface area contributed by atoms with Gasteiger partial charge in [-0.3, -0.25) is 9.48 Å². The highest BCUT2D eigenvalue weighted by molar-refractivity contribution is 5.94. The molecule has 0 aliphatic heterocycles. The number of furan rings is 1. The maximum atomic E-state index is 13.6. The van der Waals surface area contributed by atoms with Crippen molar-refractivity contribution in [1.82, 2.24) is 14.7 Å². The second kappa shape index (κ2) is 6.98. The third kappa shape index (κ3) is 3.37. The fraction of sp³-hybridized carbons (Fsp3) is 0.300. The third-order valence-corrected chi connectivity index (χ3v) is 4.92. The van der Waals surface area contributed by atoms with E-state index in [4.69, 9.17) is 4.42 Å². The molecule has 27 heavy (non-hydrogen) atoms. The van der Waals surface area contributed by atoms with Crippen LogP contribution in [0.25, 0.3) is 0 Å². The number of hydrogen-bond acceptors (Lipinski definition) is 3. The number of carbonyl (C=O) groups excluding carboxylic acids is 1. The molecular formula is C20H19F2N3O2. The van der Waals surface area contributed by atoms with Crippen LogP contribution in [0.3, 0.4) is 0 Å². The van der Waals surface area contributed by atoms with Crippen LogP contribution in [0.5, 0.6) is 0 Å². The summed E-state index contributed by atoms with van der Waals surface area (Å²) in [5, 5.41) is 4.57. The number of halogens is 2. The summed E-state index contributed by atoms with van der Waals surface area (Å²) in [5.74, 6) is -1.81. The second-order valence-corrected chi connectivity index (χ2v) is 6.72. The molecule has 1 aliphatic rings. The quantitative estimate of drug-likeness (QED) is 0.688. The second-order valence-electron chi connectivity index (χ2n) is 6.72. The van der Waals surface area contributed by atoms with Gasteiger partial charge in [-0.2, -0.15) is 5.10 Å². The maximum Gasteiger partial charge on any atom is 0.254 e. The van der Waals surface area contributed by atoms with Crippen LogP contribution in [0.2, 0.25) is 0 Å². The first-order valence-electron chi connectivity index (χ1n) is 8.83. The fourth-order valence-corrected chi connectivity index (χ4v) is 3.61. The van der Waals surface area contributed by atoms with Crippen LogP contribution >= 0.6 is 0 Å². The lowest BCUT2D eigenvalue weighted by Crippen LogP contribution is -2.30. The Morgan fingerprint density at radius 3 is 2.81 bits per heavy atom. The van der Waals surface area contributed by atoms with Gasteiger partial charge in [-0.1, -0.05) is 0 Å². The minimum atomic E-state index is -1.04. The Hall–Kier alpha value is -2.96. The van der Waals surface area contributed by atoms with Gasteiger partial charge >= 0.3 is 0 Å². The molecule has 4 rings (SSSR count). The average molecular weight is 371 g/mol. The number of aromatic nitrogens is 2. The molecule has 0 N–H and O–H groups in total. The third-order valence-electron chi connectivity index (χ3n) is 4.92. The highest BCUT2D eigenvalue weighted by Crippen LogP contribution is 2.26. The Morgan fingerprint density at radius 2 is 2.07 bits per heavy atom. The van der Waals surface area contributed by atoms with Crippen molar-refractivity contribution in [3.63, 3.8) is 0 Å². The number of hydrogen-bond donors (Lipinski definition) is 0. The lowest BCUT2D eigenvalue weighted by Gasteiger charge is -2.21. The molecule has 0 fully saturated rings. The molecule has 1 amide bonds. The van der Waals surface area contributed by atoms with E-state index in [-0.39, 0.29) is 18.7 Å². The van der Waals surface area contributed by atoms with Crippen LogP contribution in [0, 0.1) is 11.6 Å². The molecule has 0 radical (unpaired) electrons. The van der Waals surface area contributed by atoms with Gasteiger partial charge in [0.15, 0.2) is 11.6 Å². The molecule has 1 aliphatic carbocycles. The van der Waals surface area contributed by atoms with E-state index >= 15 is 0 Å². The van der Waals surface area contributed by atoms with E-state index in [1.165, 1.54) is 23.6 Å². The van der Waals surface area contributed by atoms with Crippen LogP contribution in [0.4, 0.5) is 8.78 Å². The number of aryl methyl sites for hydroxylation is 1. The van der Waals surface area contributed by atoms with Crippen molar-refractivity contribution in [3.8, 4) is 0 Å². The largest absolute Gasteiger partial charge is 0.467 e. The van der Waals surface area contributed by atoms with Crippen molar-refractivity contribution in [2.45, 2.75) is 32.4 Å². The van der Waals surface area contributed by atoms with E-state index in [0.29, 0.717) is 5.76 Å². The van der Waals surface area contributed by atoms with Crippen molar-refractivity contribution < 1.29 is 18.0 Å². The Bertz CT molecular complexity index is 980. The van der Waals surface area contributed by atoms with Crippen LogP contribution in [0.1, 0.15) is 39.5 Å². The van der Waals surface area contributed by atoms with Crippen molar-refractivity contribution in [2.24, 2.45) is 7.05 Å². The summed E-state index contributed by atoms with van der Waals surface area (Å²) >= 11 is 0. The van der Waals surface area contributed by atoms with E-state index in [2.05, 4.69) is 5.10 Å². The van der Waals surface area contributed by atoms with Crippen molar-refractivity contribution >= 4 is 5.91 Å². The maximum absolute atomic E-state index is 13.6. The molecular weight excluding hydrogens is 352 g/mol. The average Bonchev–Trinajstić information content (AvgIpc) is 3.37. The molecule has 2 heterocycles. The molecule has 0 saturated carbocycles. The summed E-state index contributed by atoms with van der Waals surface area (Å²) in [6.45, 7) is 0.498. The van der Waals surface area contributed by atoms with Crippen LogP contribution < -0.4 is 0 Å². The highest BCUT2D eigenvalue weighted by Gasteiger charge is 2.25. The summed E-state index contributed by atoms with van der Waals surface area (Å²) in [6, 6.07) is 6.70. The molecule has 0 spiro atoms. The highest BCUT2D eigenvalue weighted by atomic mass is 19.2. The number of carbonyl (C=O) groups is 1. The molecule has 0 bridgehead atoms. The molecule has 0 saturated heterocycles. The summed E-state index contributed by atoms with van der Waals surface area (Å²) in [7, 11) is 1.90. The minimum Gasteiger partial charge on any atom is -0.467 e. The predicted molar refractivity (Wildman–Crippen MR) is 93.9 cm³/mol. The molecule has 140 valence electrons. The zero-order valence-electron chi connectivity index (χ0n) is 14.9. The van der Waals surface area contributed by atoms with Gasteiger partial charge in [-0.05, 0) is 55.2 Å². The van der Waals surface area contributed by atoms with E-state index in [1.54, 1.807) is 17.0 Å². The topological polar surface area (TPSA) is 51.3 Å². The Morgan fingerprint density at radius 1 is 1.22 bits per heavy atom. The molecule has 0 unspecified atom stereocenters. The van der Waals surface area contributed by atoms with Gasteiger partial charge in [-0.25, -0.2) is 8.78 Å². The summed E-state index contributed by atoms with van der Waals surface area (Å²) < 4.78 is 34.1. The molecule has 3 aromatic rings. The number of fused-ring (bicyclic) bond motifs is 1. The van der Waals surface area contributed by atoms with Gasteiger partial charge in [0, 0.05) is 18.3 Å². The van der Waals surface area contributed by atoms with E-state index in [1.807, 2.05) is 11.7 Å². The van der Waals surface area contributed by atoms with Crippen molar-refractivity contribution in [2.75, 3.05) is 0 Å². The number of benzene rings is 1. The Kier molecular flexibility index (Phi) is 4.51. The summed E-state index contributed by atoms with van der Waals surface area (Å²) in [6.07, 6.45) is 4.53. The van der Waals surface area contributed by atoms with Gasteiger partial charge in [0.2, 0.25) is 0 Å². The van der Waals surface area contributed by atoms with Gasteiger partial charge in [0.1, 0.15) is 5.76 Å². The van der Waals surface area contributed by atoms with Crippen LogP contribution in [0.15, 0.2) is 41.0 Å². The molecule has 2 aromatic heterocycles. The van der Waals surface area contributed by atoms with E-state index < -0.39 is 17.5 Å². The lowest BCUT2D eigenvalue weighted by molar-refractivity contribution is 0.0714. The first kappa shape index (κ1) is 17.5. The van der Waals surface area contributed by atoms with E-state index in [9.17, 15) is 13.6 Å². The van der Waals surface area contributed by atoms with E-state index in [0.717, 1.165) is 37.1 Å². The Labute approximate surface area is 155 Å². The molecule has 7 heteroatoms. The Balaban J connectivity index is 1.65. The van der Waals surface area contributed by atoms with Crippen molar-refractivity contribution in [1.29, 1.82) is 0 Å². The van der Waals surface area contributed by atoms with Gasteiger partial charge in [0.25, 0.3) is 5.91 Å². The first-order chi connectivity index (χ1) is 13.0. The normalized spacial score (nSPS) is 13.0. The summed E-state index contributed by atoms with van der Waals surface area (Å²) in [5.41, 5.74) is 3.31. The van der Waals surface area contributed by atoms with Gasteiger partial charge in [0.05, 0.1) is 25.0 Å². The molecule has 1 aromatic carbocycles. The predicted octanol–water partition coefficient (Wildman–Crippen LogP) is 3.62. The van der Waals surface area contributed by atoms with Crippen LogP contribution in [-0.2, 0) is 33.0 Å². The van der Waals surface area contributed by atoms with Gasteiger partial charge < -0.3 is 9.32 Å². The zero-order chi connectivity index (χ0) is 19.0. The number of amides is 1. The van der Waals surface area contributed by atoms with Gasteiger partial charge in [-0.15, -0.1) is 0 Å². The molecule has 5 nitrogen and oxygen atoms in total.